The van der Waals surface area contributed by atoms with Crippen LogP contribution in [0.5, 0.6) is 0 Å². The highest BCUT2D eigenvalue weighted by Crippen LogP contribution is 2.37. The Labute approximate surface area is 119 Å². The van der Waals surface area contributed by atoms with Crippen molar-refractivity contribution in [3.8, 4) is 6.07 Å². The summed E-state index contributed by atoms with van der Waals surface area (Å²) in [7, 11) is -1.73. The monoisotopic (exact) mass is 280 g/mol. The van der Waals surface area contributed by atoms with E-state index in [2.05, 4.69) is 58.8 Å². The van der Waals surface area contributed by atoms with Crippen LogP contribution in [-0.2, 0) is 4.43 Å². The molecule has 1 N–H and O–H groups in total. The average Bonchev–Trinajstić information content (AvgIpc) is 2.61. The molecular weight excluding hydrogens is 252 g/mol. The molecule has 4 heteroatoms. The maximum Gasteiger partial charge on any atom is 0.192 e. The van der Waals surface area contributed by atoms with E-state index in [0.29, 0.717) is 18.4 Å². The fourth-order valence-electron chi connectivity index (χ4n) is 2.29. The van der Waals surface area contributed by atoms with Gasteiger partial charge in [-0.2, -0.15) is 5.26 Å². The fourth-order valence-corrected chi connectivity index (χ4v) is 3.32. The molecule has 0 spiro atoms. The number of hydrogen-bond acceptors (Lipinski definition) is 3. The molecule has 0 amide bonds. The molecule has 1 rings (SSSR count). The van der Waals surface area contributed by atoms with E-state index in [1.165, 1.54) is 0 Å². The maximum absolute atomic E-state index is 9.15. The largest absolute Gasteiger partial charge is 0.415 e. The van der Waals surface area contributed by atoms with Gasteiger partial charge in [0.2, 0.25) is 0 Å². The lowest BCUT2D eigenvalue weighted by Crippen LogP contribution is -2.45. The van der Waals surface area contributed by atoms with E-state index in [0.717, 1.165) is 0 Å². The molecule has 1 heterocycles. The molecule has 0 aromatic rings. The van der Waals surface area contributed by atoms with Gasteiger partial charge in [-0.3, -0.25) is 5.32 Å². The molecule has 1 aliphatic heterocycles. The Bertz CT molecular complexity index is 367. The van der Waals surface area contributed by atoms with Crippen LogP contribution in [0.1, 0.15) is 27.7 Å². The predicted octanol–water partition coefficient (Wildman–Crippen LogP) is 3.31. The zero-order chi connectivity index (χ0) is 14.8. The van der Waals surface area contributed by atoms with Gasteiger partial charge < -0.3 is 4.43 Å². The third-order valence-electron chi connectivity index (χ3n) is 4.83. The molecule has 4 atom stereocenters. The molecule has 0 bridgehead atoms. The average molecular weight is 280 g/mol. The second-order valence-electron chi connectivity index (χ2n) is 7.12. The van der Waals surface area contributed by atoms with Crippen molar-refractivity contribution >= 4 is 8.32 Å². The highest BCUT2D eigenvalue weighted by atomic mass is 28.4. The van der Waals surface area contributed by atoms with Gasteiger partial charge in [0.05, 0.1) is 12.1 Å². The van der Waals surface area contributed by atoms with Crippen LogP contribution < -0.4 is 5.32 Å². The Morgan fingerprint density at radius 1 is 1.42 bits per heavy atom. The van der Waals surface area contributed by atoms with E-state index in [1.807, 2.05) is 6.08 Å². The van der Waals surface area contributed by atoms with E-state index in [1.54, 1.807) is 0 Å². The Hall–Kier alpha value is -0.633. The number of nitrogens with one attached hydrogen (secondary N) is 1. The summed E-state index contributed by atoms with van der Waals surface area (Å²) in [4.78, 5) is 0. The minimum absolute atomic E-state index is 0.0870. The van der Waals surface area contributed by atoms with Gasteiger partial charge in [0.25, 0.3) is 0 Å². The van der Waals surface area contributed by atoms with Gasteiger partial charge in [0.15, 0.2) is 8.32 Å². The van der Waals surface area contributed by atoms with Crippen molar-refractivity contribution < 1.29 is 4.43 Å². The second-order valence-corrected chi connectivity index (χ2v) is 11.9. The predicted molar refractivity (Wildman–Crippen MR) is 82.3 cm³/mol. The lowest BCUT2D eigenvalue weighted by Gasteiger charge is -2.37. The Balaban J connectivity index is 2.68. The highest BCUT2D eigenvalue weighted by Gasteiger charge is 2.42. The number of rotatable bonds is 4. The molecule has 0 radical (unpaired) electrons. The normalized spacial score (nSPS) is 32.1. The maximum atomic E-state index is 9.15. The minimum Gasteiger partial charge on any atom is -0.415 e. The van der Waals surface area contributed by atoms with Gasteiger partial charge in [0, 0.05) is 12.6 Å². The summed E-state index contributed by atoms with van der Waals surface area (Å²) < 4.78 is 6.27. The Morgan fingerprint density at radius 3 is 2.42 bits per heavy atom. The van der Waals surface area contributed by atoms with Crippen LogP contribution in [0.3, 0.4) is 0 Å². The third kappa shape index (κ3) is 3.47. The zero-order valence-corrected chi connectivity index (χ0v) is 14.2. The molecule has 3 nitrogen and oxygen atoms in total. The first-order valence-corrected chi connectivity index (χ1v) is 9.97. The minimum atomic E-state index is -1.73. The molecule has 0 aliphatic carbocycles. The molecule has 0 unspecified atom stereocenters. The summed E-state index contributed by atoms with van der Waals surface area (Å²) in [6.07, 6.45) is 1.97. The molecule has 1 saturated heterocycles. The number of nitrogens with zero attached hydrogens (tertiary/aromatic N) is 1. The first kappa shape index (κ1) is 16.4. The van der Waals surface area contributed by atoms with Gasteiger partial charge >= 0.3 is 0 Å². The molecule has 0 aromatic carbocycles. The SMILES string of the molecule is C=C[C@H]1[C@H](C)[C@H](C#N)N[C@H]1CO[Si](C)(C)C(C)(C)C. The summed E-state index contributed by atoms with van der Waals surface area (Å²) in [5, 5.41) is 12.7. The molecule has 19 heavy (non-hydrogen) atoms. The van der Waals surface area contributed by atoms with Crippen LogP contribution in [0.2, 0.25) is 18.1 Å². The molecule has 0 saturated carbocycles. The van der Waals surface area contributed by atoms with Crippen molar-refractivity contribution in [3.63, 3.8) is 0 Å². The van der Waals surface area contributed by atoms with Crippen molar-refractivity contribution in [1.82, 2.24) is 5.32 Å². The fraction of sp³-hybridized carbons (Fsp3) is 0.800. The van der Waals surface area contributed by atoms with Crippen LogP contribution in [0.4, 0.5) is 0 Å². The van der Waals surface area contributed by atoms with E-state index in [9.17, 15) is 0 Å². The van der Waals surface area contributed by atoms with E-state index in [-0.39, 0.29) is 17.1 Å². The highest BCUT2D eigenvalue weighted by molar-refractivity contribution is 6.74. The zero-order valence-electron chi connectivity index (χ0n) is 13.2. The first-order chi connectivity index (χ1) is 8.64. The smallest absolute Gasteiger partial charge is 0.192 e. The number of nitriles is 1. The summed E-state index contributed by atoms with van der Waals surface area (Å²) in [6, 6.07) is 2.46. The van der Waals surface area contributed by atoms with E-state index >= 15 is 0 Å². The van der Waals surface area contributed by atoms with Crippen molar-refractivity contribution in [2.45, 2.75) is 57.9 Å². The van der Waals surface area contributed by atoms with Crippen molar-refractivity contribution in [1.29, 1.82) is 5.26 Å². The standard InChI is InChI=1S/C15H28N2OSi/c1-8-12-11(2)13(9-16)17-14(12)10-18-19(6,7)15(3,4)5/h8,11-14,17H,1,10H2,2-7H3/t11-,12-,13-,14-/m0/s1. The third-order valence-corrected chi connectivity index (χ3v) is 9.33. The molecule has 0 aromatic heterocycles. The molecule has 108 valence electrons. The summed E-state index contributed by atoms with van der Waals surface area (Å²) in [5.41, 5.74) is 0. The van der Waals surface area contributed by atoms with Gasteiger partial charge in [0.1, 0.15) is 0 Å². The second kappa shape index (κ2) is 5.78. The lowest BCUT2D eigenvalue weighted by molar-refractivity contribution is 0.234. The lowest BCUT2D eigenvalue weighted by atomic mass is 9.89. The van der Waals surface area contributed by atoms with Gasteiger partial charge in [-0.05, 0) is 30.0 Å². The van der Waals surface area contributed by atoms with Gasteiger partial charge in [-0.1, -0.05) is 33.8 Å². The number of hydrogen-bond donors (Lipinski definition) is 1. The van der Waals surface area contributed by atoms with Crippen molar-refractivity contribution in [2.24, 2.45) is 11.8 Å². The van der Waals surface area contributed by atoms with Gasteiger partial charge in [-0.15, -0.1) is 6.58 Å². The van der Waals surface area contributed by atoms with Crippen LogP contribution in [0.25, 0.3) is 0 Å². The van der Waals surface area contributed by atoms with E-state index < -0.39 is 8.32 Å². The van der Waals surface area contributed by atoms with Crippen LogP contribution >= 0.6 is 0 Å². The quantitative estimate of drug-likeness (QED) is 0.635. The van der Waals surface area contributed by atoms with Crippen LogP contribution in [-0.4, -0.2) is 27.0 Å². The molecular formula is C15H28N2OSi. The Kier molecular flexibility index (Phi) is 5.00. The van der Waals surface area contributed by atoms with Crippen LogP contribution in [0.15, 0.2) is 12.7 Å². The van der Waals surface area contributed by atoms with Crippen LogP contribution in [0, 0.1) is 23.2 Å². The van der Waals surface area contributed by atoms with Crippen molar-refractivity contribution in [2.75, 3.05) is 6.61 Å². The summed E-state index contributed by atoms with van der Waals surface area (Å²) in [5.74, 6) is 0.616. The molecule has 1 aliphatic rings. The van der Waals surface area contributed by atoms with Gasteiger partial charge in [-0.25, -0.2) is 0 Å². The summed E-state index contributed by atoms with van der Waals surface area (Å²) in [6.45, 7) is 17.9. The van der Waals surface area contributed by atoms with E-state index in [4.69, 9.17) is 9.69 Å². The Morgan fingerprint density at radius 2 is 2.00 bits per heavy atom. The summed E-state index contributed by atoms with van der Waals surface area (Å²) >= 11 is 0. The van der Waals surface area contributed by atoms with Crippen molar-refractivity contribution in [3.05, 3.63) is 12.7 Å². The first-order valence-electron chi connectivity index (χ1n) is 7.06. The molecule has 1 fully saturated rings. The topological polar surface area (TPSA) is 45.0 Å².